The second-order valence-corrected chi connectivity index (χ2v) is 4.81. The first-order valence-corrected chi connectivity index (χ1v) is 5.82. The fourth-order valence-electron chi connectivity index (χ4n) is 2.32. The Morgan fingerprint density at radius 1 is 1.50 bits per heavy atom. The highest BCUT2D eigenvalue weighted by Gasteiger charge is 2.27. The summed E-state index contributed by atoms with van der Waals surface area (Å²) in [5.41, 5.74) is 7.47. The highest BCUT2D eigenvalue weighted by Crippen LogP contribution is 2.13. The van der Waals surface area contributed by atoms with E-state index in [1.54, 1.807) is 12.5 Å². The quantitative estimate of drug-likeness (QED) is 0.805. The minimum atomic E-state index is 0.172. The van der Waals surface area contributed by atoms with Gasteiger partial charge in [0, 0.05) is 31.7 Å². The van der Waals surface area contributed by atoms with E-state index >= 15 is 0 Å². The molecule has 2 atom stereocenters. The zero-order valence-electron chi connectivity index (χ0n) is 10.1. The van der Waals surface area contributed by atoms with Crippen molar-refractivity contribution in [1.29, 1.82) is 0 Å². The van der Waals surface area contributed by atoms with Gasteiger partial charge in [0.1, 0.15) is 0 Å². The Balaban J connectivity index is 1.94. The van der Waals surface area contributed by atoms with Crippen molar-refractivity contribution >= 4 is 0 Å². The summed E-state index contributed by atoms with van der Waals surface area (Å²) in [5, 5.41) is 0. The molecule has 16 heavy (non-hydrogen) atoms. The van der Waals surface area contributed by atoms with Crippen LogP contribution in [0, 0.1) is 0 Å². The number of nitrogens with zero attached hydrogens (tertiary/aromatic N) is 2. The van der Waals surface area contributed by atoms with Crippen molar-refractivity contribution in [2.45, 2.75) is 18.5 Å². The Kier molecular flexibility index (Phi) is 3.63. The molecule has 0 spiro atoms. The van der Waals surface area contributed by atoms with Crippen LogP contribution in [0.15, 0.2) is 23.0 Å². The third kappa shape index (κ3) is 2.64. The molecule has 2 heterocycles. The zero-order valence-corrected chi connectivity index (χ0v) is 10.1. The van der Waals surface area contributed by atoms with Gasteiger partial charge in [0.2, 0.25) is 0 Å². The van der Waals surface area contributed by atoms with E-state index in [0.29, 0.717) is 6.04 Å². The fourth-order valence-corrected chi connectivity index (χ4v) is 2.32. The van der Waals surface area contributed by atoms with Crippen LogP contribution in [0.4, 0.5) is 0 Å². The predicted octanol–water partition coefficient (Wildman–Crippen LogP) is 0.395. The lowest BCUT2D eigenvalue weighted by molar-refractivity contribution is 0.0973. The number of hydrogen-bond acceptors (Lipinski definition) is 4. The van der Waals surface area contributed by atoms with Gasteiger partial charge in [-0.15, -0.1) is 0 Å². The van der Waals surface area contributed by atoms with Crippen LogP contribution in [0.3, 0.4) is 0 Å². The number of hydrogen-bond donors (Lipinski definition) is 1. The summed E-state index contributed by atoms with van der Waals surface area (Å²) >= 11 is 0. The minimum Gasteiger partial charge on any atom is -0.472 e. The highest BCUT2D eigenvalue weighted by atomic mass is 16.3. The van der Waals surface area contributed by atoms with Gasteiger partial charge in [0.25, 0.3) is 0 Å². The number of likely N-dealkylation sites (N-methyl/N-ethyl adjacent to an activating group) is 2. The second kappa shape index (κ2) is 4.99. The SMILES string of the molecule is CN1CCN(C)C(C(N)Cc2ccoc2)C1. The molecule has 1 aliphatic heterocycles. The van der Waals surface area contributed by atoms with Crippen molar-refractivity contribution in [1.82, 2.24) is 9.80 Å². The summed E-state index contributed by atoms with van der Waals surface area (Å²) < 4.78 is 5.07. The topological polar surface area (TPSA) is 45.6 Å². The molecule has 4 nitrogen and oxygen atoms in total. The van der Waals surface area contributed by atoms with Crippen molar-refractivity contribution in [3.63, 3.8) is 0 Å². The first-order valence-electron chi connectivity index (χ1n) is 5.82. The lowest BCUT2D eigenvalue weighted by atomic mass is 9.99. The average Bonchev–Trinajstić information content (AvgIpc) is 2.74. The Labute approximate surface area is 97.0 Å². The summed E-state index contributed by atoms with van der Waals surface area (Å²) in [4.78, 5) is 4.71. The van der Waals surface area contributed by atoms with Crippen LogP contribution in [0.25, 0.3) is 0 Å². The van der Waals surface area contributed by atoms with Crippen LogP contribution in [-0.4, -0.2) is 55.6 Å². The number of furan rings is 1. The summed E-state index contributed by atoms with van der Waals surface area (Å²) in [6, 6.07) is 2.60. The standard InChI is InChI=1S/C12H21N3O/c1-14-4-5-15(2)12(8-14)11(13)7-10-3-6-16-9-10/h3,6,9,11-12H,4-5,7-8,13H2,1-2H3. The molecule has 2 rings (SSSR count). The van der Waals surface area contributed by atoms with Gasteiger partial charge in [-0.25, -0.2) is 0 Å². The van der Waals surface area contributed by atoms with E-state index in [1.807, 2.05) is 6.07 Å². The van der Waals surface area contributed by atoms with Gasteiger partial charge in [0.15, 0.2) is 0 Å². The normalized spacial score (nSPS) is 25.8. The summed E-state index contributed by atoms with van der Waals surface area (Å²) in [5.74, 6) is 0. The Morgan fingerprint density at radius 2 is 2.31 bits per heavy atom. The van der Waals surface area contributed by atoms with Crippen molar-refractivity contribution < 1.29 is 4.42 Å². The maximum Gasteiger partial charge on any atom is 0.0935 e. The van der Waals surface area contributed by atoms with Crippen LogP contribution >= 0.6 is 0 Å². The third-order valence-corrected chi connectivity index (χ3v) is 3.45. The molecule has 1 aliphatic rings. The summed E-state index contributed by atoms with van der Waals surface area (Å²) in [6.07, 6.45) is 4.38. The lowest BCUT2D eigenvalue weighted by Gasteiger charge is -2.40. The number of piperazine rings is 1. The monoisotopic (exact) mass is 223 g/mol. The zero-order chi connectivity index (χ0) is 11.5. The van der Waals surface area contributed by atoms with Crippen LogP contribution in [0.1, 0.15) is 5.56 Å². The largest absolute Gasteiger partial charge is 0.472 e. The van der Waals surface area contributed by atoms with E-state index < -0.39 is 0 Å². The average molecular weight is 223 g/mol. The van der Waals surface area contributed by atoms with Gasteiger partial charge in [-0.1, -0.05) is 0 Å². The van der Waals surface area contributed by atoms with Crippen molar-refractivity contribution in [3.8, 4) is 0 Å². The van der Waals surface area contributed by atoms with Crippen molar-refractivity contribution in [3.05, 3.63) is 24.2 Å². The minimum absolute atomic E-state index is 0.172. The smallest absolute Gasteiger partial charge is 0.0935 e. The predicted molar refractivity (Wildman–Crippen MR) is 64.3 cm³/mol. The lowest BCUT2D eigenvalue weighted by Crippen LogP contribution is -2.58. The molecule has 2 unspecified atom stereocenters. The Bertz CT molecular complexity index is 312. The second-order valence-electron chi connectivity index (χ2n) is 4.81. The van der Waals surface area contributed by atoms with E-state index in [0.717, 1.165) is 26.1 Å². The van der Waals surface area contributed by atoms with Gasteiger partial charge < -0.3 is 15.1 Å². The van der Waals surface area contributed by atoms with E-state index in [-0.39, 0.29) is 6.04 Å². The van der Waals surface area contributed by atoms with Crippen LogP contribution < -0.4 is 5.73 Å². The molecule has 0 amide bonds. The molecule has 4 heteroatoms. The van der Waals surface area contributed by atoms with E-state index in [4.69, 9.17) is 10.2 Å². The molecule has 2 N–H and O–H groups in total. The molecule has 0 aromatic carbocycles. The van der Waals surface area contributed by atoms with Gasteiger partial charge in [-0.05, 0) is 32.1 Å². The van der Waals surface area contributed by atoms with E-state index in [1.165, 1.54) is 5.56 Å². The first kappa shape index (κ1) is 11.6. The van der Waals surface area contributed by atoms with Crippen LogP contribution in [0.5, 0.6) is 0 Å². The Morgan fingerprint density at radius 3 is 3.00 bits per heavy atom. The van der Waals surface area contributed by atoms with Crippen LogP contribution in [0.2, 0.25) is 0 Å². The molecular formula is C12H21N3O. The molecule has 1 aromatic rings. The maximum absolute atomic E-state index is 6.28. The molecule has 0 aliphatic carbocycles. The van der Waals surface area contributed by atoms with Gasteiger partial charge in [0.05, 0.1) is 12.5 Å². The van der Waals surface area contributed by atoms with Crippen molar-refractivity contribution in [2.24, 2.45) is 5.73 Å². The molecular weight excluding hydrogens is 202 g/mol. The molecule has 0 radical (unpaired) electrons. The van der Waals surface area contributed by atoms with Crippen molar-refractivity contribution in [2.75, 3.05) is 33.7 Å². The highest BCUT2D eigenvalue weighted by molar-refractivity contribution is 5.08. The molecule has 0 bridgehead atoms. The number of nitrogens with two attached hydrogens (primary N) is 1. The summed E-state index contributed by atoms with van der Waals surface area (Å²) in [6.45, 7) is 3.28. The third-order valence-electron chi connectivity index (χ3n) is 3.45. The summed E-state index contributed by atoms with van der Waals surface area (Å²) in [7, 11) is 4.32. The van der Waals surface area contributed by atoms with Gasteiger partial charge in [-0.2, -0.15) is 0 Å². The maximum atomic E-state index is 6.28. The molecule has 0 saturated carbocycles. The molecule has 1 saturated heterocycles. The van der Waals surface area contributed by atoms with Gasteiger partial charge >= 0.3 is 0 Å². The number of rotatable bonds is 3. The van der Waals surface area contributed by atoms with Crippen LogP contribution in [-0.2, 0) is 6.42 Å². The van der Waals surface area contributed by atoms with E-state index in [2.05, 4.69) is 23.9 Å². The van der Waals surface area contributed by atoms with E-state index in [9.17, 15) is 0 Å². The molecule has 90 valence electrons. The fraction of sp³-hybridized carbons (Fsp3) is 0.667. The molecule has 1 aromatic heterocycles. The first-order chi connectivity index (χ1) is 7.66. The Hall–Kier alpha value is -0.840. The van der Waals surface area contributed by atoms with Gasteiger partial charge in [-0.3, -0.25) is 4.90 Å². The molecule has 1 fully saturated rings.